The zero-order valence-electron chi connectivity index (χ0n) is 16.5. The average Bonchev–Trinajstić information content (AvgIpc) is 3.02. The Hall–Kier alpha value is -2.21. The molecule has 0 radical (unpaired) electrons. The third-order valence-corrected chi connectivity index (χ3v) is 6.34. The molecule has 0 saturated carbocycles. The zero-order chi connectivity index (χ0) is 19.7. The topological polar surface area (TPSA) is 78.5 Å². The van der Waals surface area contributed by atoms with Crippen molar-refractivity contribution >= 4 is 17.7 Å². The van der Waals surface area contributed by atoms with E-state index in [2.05, 4.69) is 29.7 Å². The van der Waals surface area contributed by atoms with Gasteiger partial charge in [-0.05, 0) is 42.9 Å². The van der Waals surface area contributed by atoms with Crippen molar-refractivity contribution in [3.05, 3.63) is 34.9 Å². The summed E-state index contributed by atoms with van der Waals surface area (Å²) in [5.41, 5.74) is 2.91. The maximum Gasteiger partial charge on any atom is 0.255 e. The smallest absolute Gasteiger partial charge is 0.255 e. The quantitative estimate of drug-likeness (QED) is 0.767. The monoisotopic (exact) mass is 383 g/mol. The van der Waals surface area contributed by atoms with Crippen molar-refractivity contribution < 1.29 is 14.4 Å². The third-order valence-electron chi connectivity index (χ3n) is 6.34. The minimum Gasteiger partial charge on any atom is -0.322 e. The second-order valence-corrected chi connectivity index (χ2v) is 8.31. The molecule has 3 heterocycles. The van der Waals surface area contributed by atoms with Gasteiger partial charge in [0.25, 0.3) is 5.91 Å². The summed E-state index contributed by atoms with van der Waals surface area (Å²) in [6.45, 7) is 2.67. The van der Waals surface area contributed by atoms with Crippen molar-refractivity contribution in [2.24, 2.45) is 0 Å². The van der Waals surface area contributed by atoms with E-state index < -0.39 is 6.04 Å². The number of unbranched alkanes of at least 4 members (excludes halogenated alkanes) is 1. The zero-order valence-corrected chi connectivity index (χ0v) is 16.5. The van der Waals surface area contributed by atoms with Gasteiger partial charge in [-0.25, -0.2) is 0 Å². The van der Waals surface area contributed by atoms with Gasteiger partial charge in [0.15, 0.2) is 0 Å². The average molecular weight is 383 g/mol. The molecule has 0 aliphatic carbocycles. The van der Waals surface area contributed by atoms with Crippen LogP contribution in [0.1, 0.15) is 85.8 Å². The summed E-state index contributed by atoms with van der Waals surface area (Å²) < 4.78 is 0. The molecule has 150 valence electrons. The molecule has 1 aromatic carbocycles. The van der Waals surface area contributed by atoms with Crippen LogP contribution in [0.3, 0.4) is 0 Å². The van der Waals surface area contributed by atoms with Gasteiger partial charge >= 0.3 is 0 Å². The van der Waals surface area contributed by atoms with Gasteiger partial charge < -0.3 is 10.2 Å². The summed E-state index contributed by atoms with van der Waals surface area (Å²) in [6, 6.07) is 6.47. The summed E-state index contributed by atoms with van der Waals surface area (Å²) in [5, 5.41) is 6.15. The maximum absolute atomic E-state index is 12.8. The molecule has 3 aliphatic rings. The van der Waals surface area contributed by atoms with Gasteiger partial charge in [0.05, 0.1) is 0 Å². The van der Waals surface area contributed by atoms with Crippen molar-refractivity contribution in [1.82, 2.24) is 15.5 Å². The highest BCUT2D eigenvalue weighted by Crippen LogP contribution is 2.32. The SMILES string of the molecule is CCCCC1CCCC(c2ccc3c(c2)CN(C2CCC(=O)NC2=O)C3=O)N1. The van der Waals surface area contributed by atoms with Crippen LogP contribution >= 0.6 is 0 Å². The minimum atomic E-state index is -0.549. The van der Waals surface area contributed by atoms with E-state index in [0.717, 1.165) is 12.0 Å². The lowest BCUT2D eigenvalue weighted by Crippen LogP contribution is -2.52. The van der Waals surface area contributed by atoms with Gasteiger partial charge in [-0.15, -0.1) is 0 Å². The number of benzene rings is 1. The van der Waals surface area contributed by atoms with E-state index in [1.54, 1.807) is 4.90 Å². The van der Waals surface area contributed by atoms with Crippen molar-refractivity contribution in [2.45, 2.75) is 83.0 Å². The number of carbonyl (C=O) groups excluding carboxylic acids is 3. The van der Waals surface area contributed by atoms with Crippen LogP contribution in [0.15, 0.2) is 18.2 Å². The molecule has 2 saturated heterocycles. The summed E-state index contributed by atoms with van der Waals surface area (Å²) in [4.78, 5) is 38.0. The lowest BCUT2D eigenvalue weighted by Gasteiger charge is -2.31. The molecule has 28 heavy (non-hydrogen) atoms. The van der Waals surface area contributed by atoms with Crippen molar-refractivity contribution in [1.29, 1.82) is 0 Å². The Bertz CT molecular complexity index is 791. The van der Waals surface area contributed by atoms with E-state index in [9.17, 15) is 14.4 Å². The number of carbonyl (C=O) groups is 3. The molecular formula is C22H29N3O3. The van der Waals surface area contributed by atoms with Gasteiger partial charge in [0.1, 0.15) is 6.04 Å². The number of hydrogen-bond acceptors (Lipinski definition) is 4. The standard InChI is InChI=1S/C22H29N3O3/c1-2-3-5-16-6-4-7-18(23-16)14-8-9-17-15(12-14)13-25(22(17)28)19-10-11-20(26)24-21(19)27/h8-9,12,16,18-19,23H,2-7,10-11,13H2,1H3,(H,24,26,27). The lowest BCUT2D eigenvalue weighted by atomic mass is 9.90. The molecule has 3 unspecified atom stereocenters. The van der Waals surface area contributed by atoms with E-state index in [1.807, 2.05) is 6.07 Å². The number of nitrogens with zero attached hydrogens (tertiary/aromatic N) is 1. The highest BCUT2D eigenvalue weighted by atomic mass is 16.2. The normalized spacial score (nSPS) is 27.7. The first kappa shape index (κ1) is 19.1. The second kappa shape index (κ2) is 8.03. The van der Waals surface area contributed by atoms with Crippen LogP contribution in [0.5, 0.6) is 0 Å². The fourth-order valence-corrected chi connectivity index (χ4v) is 4.77. The molecule has 6 nitrogen and oxygen atoms in total. The second-order valence-electron chi connectivity index (χ2n) is 8.31. The molecule has 0 bridgehead atoms. The molecule has 0 aromatic heterocycles. The van der Waals surface area contributed by atoms with Gasteiger partial charge in [0, 0.05) is 30.6 Å². The predicted octanol–water partition coefficient (Wildman–Crippen LogP) is 2.82. The van der Waals surface area contributed by atoms with E-state index in [-0.39, 0.29) is 24.1 Å². The molecular weight excluding hydrogens is 354 g/mol. The van der Waals surface area contributed by atoms with Crippen molar-refractivity contribution in [3.63, 3.8) is 0 Å². The van der Waals surface area contributed by atoms with Gasteiger partial charge in [-0.3, -0.25) is 19.7 Å². The van der Waals surface area contributed by atoms with Gasteiger partial charge in [-0.2, -0.15) is 0 Å². The first-order valence-electron chi connectivity index (χ1n) is 10.6. The largest absolute Gasteiger partial charge is 0.322 e. The number of imide groups is 1. The number of fused-ring (bicyclic) bond motifs is 1. The summed E-state index contributed by atoms with van der Waals surface area (Å²) >= 11 is 0. The Kier molecular flexibility index (Phi) is 5.49. The number of piperidine rings is 2. The van der Waals surface area contributed by atoms with Crippen LogP contribution < -0.4 is 10.6 Å². The Balaban J connectivity index is 1.48. The van der Waals surface area contributed by atoms with E-state index in [0.29, 0.717) is 30.6 Å². The molecule has 3 atom stereocenters. The number of nitrogens with one attached hydrogen (secondary N) is 2. The van der Waals surface area contributed by atoms with Crippen LogP contribution in [0.25, 0.3) is 0 Å². The van der Waals surface area contributed by atoms with Crippen LogP contribution in [-0.2, 0) is 16.1 Å². The summed E-state index contributed by atoms with van der Waals surface area (Å²) in [5.74, 6) is -0.715. The van der Waals surface area contributed by atoms with Crippen LogP contribution in [0, 0.1) is 0 Å². The molecule has 0 spiro atoms. The number of rotatable bonds is 5. The molecule has 3 aliphatic heterocycles. The van der Waals surface area contributed by atoms with E-state index in [4.69, 9.17) is 0 Å². The lowest BCUT2D eigenvalue weighted by molar-refractivity contribution is -0.136. The minimum absolute atomic E-state index is 0.103. The molecule has 6 heteroatoms. The molecule has 2 fully saturated rings. The fraction of sp³-hybridized carbons (Fsp3) is 0.591. The van der Waals surface area contributed by atoms with Crippen LogP contribution in [-0.4, -0.2) is 34.7 Å². The predicted molar refractivity (Wildman–Crippen MR) is 106 cm³/mol. The number of amides is 3. The van der Waals surface area contributed by atoms with Crippen LogP contribution in [0.4, 0.5) is 0 Å². The van der Waals surface area contributed by atoms with Crippen molar-refractivity contribution in [2.75, 3.05) is 0 Å². The Labute approximate surface area is 166 Å². The fourth-order valence-electron chi connectivity index (χ4n) is 4.77. The first-order chi connectivity index (χ1) is 13.6. The third kappa shape index (κ3) is 3.70. The van der Waals surface area contributed by atoms with E-state index in [1.165, 1.54) is 37.7 Å². The van der Waals surface area contributed by atoms with Gasteiger partial charge in [0.2, 0.25) is 11.8 Å². The van der Waals surface area contributed by atoms with Crippen molar-refractivity contribution in [3.8, 4) is 0 Å². The Morgan fingerprint density at radius 3 is 2.79 bits per heavy atom. The molecule has 4 rings (SSSR count). The highest BCUT2D eigenvalue weighted by molar-refractivity contribution is 6.05. The highest BCUT2D eigenvalue weighted by Gasteiger charge is 2.39. The summed E-state index contributed by atoms with van der Waals surface area (Å²) in [6.07, 6.45) is 7.97. The number of hydrogen-bond donors (Lipinski definition) is 2. The van der Waals surface area contributed by atoms with Crippen LogP contribution in [0.2, 0.25) is 0 Å². The first-order valence-corrected chi connectivity index (χ1v) is 10.6. The Morgan fingerprint density at radius 2 is 2.00 bits per heavy atom. The molecule has 1 aromatic rings. The maximum atomic E-state index is 12.8. The Morgan fingerprint density at radius 1 is 1.14 bits per heavy atom. The molecule has 3 amide bonds. The van der Waals surface area contributed by atoms with Gasteiger partial charge in [-0.1, -0.05) is 38.3 Å². The summed E-state index contributed by atoms with van der Waals surface area (Å²) in [7, 11) is 0. The molecule has 2 N–H and O–H groups in total. The van der Waals surface area contributed by atoms with E-state index >= 15 is 0 Å².